The summed E-state index contributed by atoms with van der Waals surface area (Å²) in [7, 11) is 0. The topological polar surface area (TPSA) is 67.6 Å². The number of aromatic nitrogens is 2. The smallest absolute Gasteiger partial charge is 0.389 e. The van der Waals surface area contributed by atoms with E-state index in [1.807, 2.05) is 0 Å². The molecule has 1 N–H and O–H groups in total. The number of hydrogen-bond donors (Lipinski definition) is 1. The fourth-order valence-corrected chi connectivity index (χ4v) is 3.28. The first-order valence-corrected chi connectivity index (χ1v) is 8.28. The predicted molar refractivity (Wildman–Crippen MR) is 83.8 cm³/mol. The van der Waals surface area contributed by atoms with Gasteiger partial charge in [-0.25, -0.2) is 9.07 Å². The van der Waals surface area contributed by atoms with E-state index < -0.39 is 29.7 Å². The average Bonchev–Trinajstić information content (AvgIpc) is 2.98. The number of hydrogen-bond acceptors (Lipinski definition) is 4. The molecule has 4 rings (SSSR count). The lowest BCUT2D eigenvalue weighted by Gasteiger charge is -2.35. The molecule has 6 nitrogen and oxygen atoms in total. The van der Waals surface area contributed by atoms with Crippen LogP contribution in [0.1, 0.15) is 27.3 Å². The number of amides is 1. The molecule has 2 aromatic rings. The number of benzene rings is 1. The van der Waals surface area contributed by atoms with E-state index in [2.05, 4.69) is 5.10 Å². The van der Waals surface area contributed by atoms with Crippen molar-refractivity contribution < 1.29 is 32.2 Å². The summed E-state index contributed by atoms with van der Waals surface area (Å²) in [4.78, 5) is 13.5. The standard InChI is InChI=1S/C17H15F4N3O3/c18-13-5-9(1-2-11(13)16(26)23-6-10(25)7-23)24-14-3-4-27-8-12(14)15(22-24)17(19,20)21/h1-2,5,10,25H,3-4,6-8H2. The van der Waals surface area contributed by atoms with Gasteiger partial charge in [0.2, 0.25) is 0 Å². The summed E-state index contributed by atoms with van der Waals surface area (Å²) in [6.45, 7) is 0.288. The largest absolute Gasteiger partial charge is 0.435 e. The maximum atomic E-state index is 14.5. The highest BCUT2D eigenvalue weighted by Gasteiger charge is 2.40. The third kappa shape index (κ3) is 3.08. The van der Waals surface area contributed by atoms with Crippen molar-refractivity contribution in [2.24, 2.45) is 0 Å². The first kappa shape index (κ1) is 17.9. The first-order chi connectivity index (χ1) is 12.8. The van der Waals surface area contributed by atoms with Crippen LogP contribution < -0.4 is 0 Å². The predicted octanol–water partition coefficient (Wildman–Crippen LogP) is 1.92. The van der Waals surface area contributed by atoms with Crippen LogP contribution in [0.15, 0.2) is 18.2 Å². The first-order valence-electron chi connectivity index (χ1n) is 8.28. The summed E-state index contributed by atoms with van der Waals surface area (Å²) in [5.74, 6) is -1.43. The van der Waals surface area contributed by atoms with Crippen LogP contribution >= 0.6 is 0 Å². The minimum Gasteiger partial charge on any atom is -0.389 e. The van der Waals surface area contributed by atoms with E-state index >= 15 is 0 Å². The van der Waals surface area contributed by atoms with E-state index in [0.29, 0.717) is 5.69 Å². The quantitative estimate of drug-likeness (QED) is 0.803. The van der Waals surface area contributed by atoms with Gasteiger partial charge in [-0.05, 0) is 12.1 Å². The highest BCUT2D eigenvalue weighted by molar-refractivity contribution is 5.95. The number of nitrogens with zero attached hydrogens (tertiary/aromatic N) is 3. The number of rotatable bonds is 2. The van der Waals surface area contributed by atoms with Gasteiger partial charge in [-0.15, -0.1) is 0 Å². The van der Waals surface area contributed by atoms with E-state index in [1.165, 1.54) is 17.0 Å². The van der Waals surface area contributed by atoms with E-state index in [1.54, 1.807) is 0 Å². The summed E-state index contributed by atoms with van der Waals surface area (Å²) in [6.07, 6.45) is -5.05. The molecule has 2 aliphatic rings. The van der Waals surface area contributed by atoms with Gasteiger partial charge in [0, 0.05) is 31.1 Å². The molecular formula is C17H15F4N3O3. The Morgan fingerprint density at radius 1 is 1.30 bits per heavy atom. The molecule has 0 aliphatic carbocycles. The molecule has 2 aliphatic heterocycles. The second-order valence-electron chi connectivity index (χ2n) is 6.51. The van der Waals surface area contributed by atoms with Gasteiger partial charge in [0.25, 0.3) is 5.91 Å². The number of fused-ring (bicyclic) bond motifs is 1. The lowest BCUT2D eigenvalue weighted by molar-refractivity contribution is -0.142. The average molecular weight is 385 g/mol. The second kappa shape index (κ2) is 6.31. The lowest BCUT2D eigenvalue weighted by Crippen LogP contribution is -2.53. The van der Waals surface area contributed by atoms with Crippen molar-refractivity contribution in [3.63, 3.8) is 0 Å². The van der Waals surface area contributed by atoms with Crippen LogP contribution in [0.3, 0.4) is 0 Å². The van der Waals surface area contributed by atoms with Crippen molar-refractivity contribution in [1.82, 2.24) is 14.7 Å². The van der Waals surface area contributed by atoms with Gasteiger partial charge < -0.3 is 14.7 Å². The molecule has 0 atom stereocenters. The maximum Gasteiger partial charge on any atom is 0.435 e. The molecule has 1 aromatic carbocycles. The van der Waals surface area contributed by atoms with E-state index in [4.69, 9.17) is 4.74 Å². The fraction of sp³-hybridized carbons (Fsp3) is 0.412. The third-order valence-electron chi connectivity index (χ3n) is 4.67. The Hall–Kier alpha value is -2.46. The Bertz CT molecular complexity index is 904. The Morgan fingerprint density at radius 2 is 2.04 bits per heavy atom. The lowest BCUT2D eigenvalue weighted by atomic mass is 10.1. The Balaban J connectivity index is 1.71. The van der Waals surface area contributed by atoms with Crippen LogP contribution in [0.4, 0.5) is 17.6 Å². The number of carbonyl (C=O) groups excluding carboxylic acids is 1. The molecular weight excluding hydrogens is 370 g/mol. The molecule has 0 saturated carbocycles. The summed E-state index contributed by atoms with van der Waals surface area (Å²) in [6, 6.07) is 3.57. The minimum absolute atomic E-state index is 0.0520. The van der Waals surface area contributed by atoms with Crippen LogP contribution in [0, 0.1) is 5.82 Å². The molecule has 1 fully saturated rings. The van der Waals surface area contributed by atoms with Crippen LogP contribution in [0.2, 0.25) is 0 Å². The number of aliphatic hydroxyl groups excluding tert-OH is 1. The monoisotopic (exact) mass is 385 g/mol. The van der Waals surface area contributed by atoms with Gasteiger partial charge in [0.15, 0.2) is 5.69 Å². The highest BCUT2D eigenvalue weighted by atomic mass is 19.4. The zero-order chi connectivity index (χ0) is 19.3. The zero-order valence-corrected chi connectivity index (χ0v) is 14.0. The fourth-order valence-electron chi connectivity index (χ4n) is 3.28. The number of halogens is 4. The van der Waals surface area contributed by atoms with Crippen molar-refractivity contribution in [2.45, 2.75) is 25.3 Å². The van der Waals surface area contributed by atoms with Crippen molar-refractivity contribution in [1.29, 1.82) is 0 Å². The number of ether oxygens (including phenoxy) is 1. The normalized spacial score (nSPS) is 17.6. The number of β-amino-alcohol motifs (C(OH)–C–C–N with tert-alkyl or cyclic N) is 1. The summed E-state index contributed by atoms with van der Waals surface area (Å²) < 4.78 is 60.4. The van der Waals surface area contributed by atoms with Gasteiger partial charge >= 0.3 is 6.18 Å². The molecule has 10 heteroatoms. The van der Waals surface area contributed by atoms with Gasteiger partial charge in [0.05, 0.1) is 36.3 Å². The van der Waals surface area contributed by atoms with E-state index in [-0.39, 0.29) is 49.5 Å². The number of aliphatic hydroxyl groups is 1. The Labute approximate surface area is 150 Å². The molecule has 0 unspecified atom stereocenters. The van der Waals surface area contributed by atoms with Crippen molar-refractivity contribution in [3.8, 4) is 5.69 Å². The second-order valence-corrected chi connectivity index (χ2v) is 6.51. The summed E-state index contributed by atoms with van der Waals surface area (Å²) >= 11 is 0. The van der Waals surface area contributed by atoms with Crippen LogP contribution in [0.25, 0.3) is 5.69 Å². The van der Waals surface area contributed by atoms with Gasteiger partial charge in [-0.1, -0.05) is 0 Å². The van der Waals surface area contributed by atoms with Gasteiger partial charge in [-0.2, -0.15) is 18.3 Å². The van der Waals surface area contributed by atoms with Crippen LogP contribution in [-0.4, -0.2) is 51.5 Å². The molecule has 0 radical (unpaired) electrons. The molecule has 144 valence electrons. The molecule has 27 heavy (non-hydrogen) atoms. The molecule has 0 bridgehead atoms. The number of carbonyl (C=O) groups is 1. The van der Waals surface area contributed by atoms with Crippen LogP contribution in [-0.2, 0) is 23.9 Å². The van der Waals surface area contributed by atoms with E-state index in [9.17, 15) is 27.5 Å². The van der Waals surface area contributed by atoms with Gasteiger partial charge in [-0.3, -0.25) is 4.79 Å². The molecule has 0 spiro atoms. The third-order valence-corrected chi connectivity index (χ3v) is 4.67. The molecule has 3 heterocycles. The minimum atomic E-state index is -4.65. The molecule has 1 aromatic heterocycles. The van der Waals surface area contributed by atoms with Crippen LogP contribution in [0.5, 0.6) is 0 Å². The van der Waals surface area contributed by atoms with Crippen molar-refractivity contribution >= 4 is 5.91 Å². The SMILES string of the molecule is O=C(c1ccc(-n2nc(C(F)(F)F)c3c2CCOC3)cc1F)N1CC(O)C1. The maximum absolute atomic E-state index is 14.5. The van der Waals surface area contributed by atoms with E-state index in [0.717, 1.165) is 10.7 Å². The number of alkyl halides is 3. The summed E-state index contributed by atoms with van der Waals surface area (Å²) in [5, 5.41) is 12.9. The van der Waals surface area contributed by atoms with Crippen molar-refractivity contribution in [2.75, 3.05) is 19.7 Å². The number of likely N-dealkylation sites (tertiary alicyclic amines) is 1. The van der Waals surface area contributed by atoms with Gasteiger partial charge in [0.1, 0.15) is 5.82 Å². The molecule has 1 amide bonds. The zero-order valence-electron chi connectivity index (χ0n) is 14.0. The van der Waals surface area contributed by atoms with Crippen molar-refractivity contribution in [3.05, 3.63) is 46.5 Å². The Kier molecular flexibility index (Phi) is 4.19. The summed E-state index contributed by atoms with van der Waals surface area (Å²) in [5.41, 5.74) is -0.887. The highest BCUT2D eigenvalue weighted by Crippen LogP contribution is 2.35. The molecule has 1 saturated heterocycles. The Morgan fingerprint density at radius 3 is 2.67 bits per heavy atom.